The van der Waals surface area contributed by atoms with Crippen molar-refractivity contribution in [3.05, 3.63) is 77.6 Å². The summed E-state index contributed by atoms with van der Waals surface area (Å²) in [6, 6.07) is 15.1. The molecule has 8 heteroatoms. The number of nitrogens with two attached hydrogens (primary N) is 1. The molecule has 7 nitrogen and oxygen atoms in total. The van der Waals surface area contributed by atoms with Crippen molar-refractivity contribution in [3.8, 4) is 22.5 Å². The van der Waals surface area contributed by atoms with Gasteiger partial charge in [-0.2, -0.15) is 5.48 Å². The number of benzene rings is 3. The Labute approximate surface area is 189 Å². The van der Waals surface area contributed by atoms with Gasteiger partial charge in [0.2, 0.25) is 0 Å². The van der Waals surface area contributed by atoms with E-state index in [1.54, 1.807) is 24.3 Å². The summed E-state index contributed by atoms with van der Waals surface area (Å²) >= 11 is 0. The van der Waals surface area contributed by atoms with Gasteiger partial charge in [-0.1, -0.05) is 26.0 Å². The van der Waals surface area contributed by atoms with Crippen molar-refractivity contribution in [3.63, 3.8) is 0 Å². The Morgan fingerprint density at radius 1 is 1.00 bits per heavy atom. The number of hydrogen-bond donors (Lipinski definition) is 4. The highest BCUT2D eigenvalue weighted by atomic mass is 19.1. The van der Waals surface area contributed by atoms with E-state index in [-0.39, 0.29) is 16.9 Å². The first-order chi connectivity index (χ1) is 15.9. The van der Waals surface area contributed by atoms with Gasteiger partial charge in [0.25, 0.3) is 5.91 Å². The molecule has 5 N–H and O–H groups in total. The first kappa shape index (κ1) is 23.6. The average Bonchev–Trinajstić information content (AvgIpc) is 3.22. The SMILES string of the molecule is CC.CNC(=O)c1c(-c2ccc(F)cc2)oc2cc([NH2+]O)c(-c3cccc(C(=O)O)c3)cc12. The fraction of sp³-hybridized carbons (Fsp3) is 0.120. The van der Waals surface area contributed by atoms with Crippen LogP contribution in [0.2, 0.25) is 0 Å². The van der Waals surface area contributed by atoms with Crippen LogP contribution in [0.4, 0.5) is 10.1 Å². The van der Waals surface area contributed by atoms with Gasteiger partial charge in [0.15, 0.2) is 5.69 Å². The van der Waals surface area contributed by atoms with Gasteiger partial charge >= 0.3 is 5.97 Å². The lowest BCUT2D eigenvalue weighted by Gasteiger charge is -2.07. The number of carboxylic acid groups (broad SMARTS) is 1. The third kappa shape index (κ3) is 4.62. The second kappa shape index (κ2) is 10.1. The zero-order valence-corrected chi connectivity index (χ0v) is 18.3. The highest BCUT2D eigenvalue weighted by molar-refractivity contribution is 6.12. The van der Waals surface area contributed by atoms with Crippen molar-refractivity contribution >= 4 is 28.5 Å². The zero-order chi connectivity index (χ0) is 24.1. The molecule has 0 radical (unpaired) electrons. The Morgan fingerprint density at radius 2 is 1.70 bits per heavy atom. The number of carbonyl (C=O) groups is 2. The number of nitrogens with one attached hydrogen (secondary N) is 1. The average molecular weight is 451 g/mol. The van der Waals surface area contributed by atoms with E-state index in [4.69, 9.17) is 4.42 Å². The predicted molar refractivity (Wildman–Crippen MR) is 122 cm³/mol. The summed E-state index contributed by atoms with van der Waals surface area (Å²) in [6.07, 6.45) is 0. The van der Waals surface area contributed by atoms with E-state index in [9.17, 15) is 24.3 Å². The highest BCUT2D eigenvalue weighted by Crippen LogP contribution is 2.38. The number of halogens is 1. The van der Waals surface area contributed by atoms with Gasteiger partial charge in [-0.3, -0.25) is 4.79 Å². The smallest absolute Gasteiger partial charge is 0.335 e. The monoisotopic (exact) mass is 451 g/mol. The number of rotatable bonds is 5. The fourth-order valence-electron chi connectivity index (χ4n) is 3.49. The number of hydrogen-bond acceptors (Lipinski definition) is 4. The summed E-state index contributed by atoms with van der Waals surface area (Å²) in [7, 11) is 1.49. The van der Waals surface area contributed by atoms with Crippen LogP contribution < -0.4 is 10.8 Å². The normalized spacial score (nSPS) is 10.5. The van der Waals surface area contributed by atoms with Crippen LogP contribution in [0.1, 0.15) is 34.6 Å². The summed E-state index contributed by atoms with van der Waals surface area (Å²) in [6.45, 7) is 4.00. The van der Waals surface area contributed by atoms with E-state index >= 15 is 0 Å². The minimum atomic E-state index is -1.08. The van der Waals surface area contributed by atoms with Crippen LogP contribution in [0, 0.1) is 5.82 Å². The van der Waals surface area contributed by atoms with Gasteiger partial charge in [0.1, 0.15) is 17.2 Å². The third-order valence-electron chi connectivity index (χ3n) is 4.98. The standard InChI is InChI=1S/C23H17FN2O5.C2H6/c1-25-22(27)20-17-10-16(13-3-2-4-14(9-13)23(28)29)18(26-30)11-19(17)31-21(20)12-5-7-15(24)8-6-12;1-2/h2-11,26,30H,1H3,(H,25,27)(H,28,29);1-2H3/p+1. The largest absolute Gasteiger partial charge is 0.478 e. The van der Waals surface area contributed by atoms with Crippen LogP contribution in [-0.2, 0) is 0 Å². The molecule has 33 heavy (non-hydrogen) atoms. The van der Waals surface area contributed by atoms with Crippen molar-refractivity contribution in [1.82, 2.24) is 5.32 Å². The highest BCUT2D eigenvalue weighted by Gasteiger charge is 2.24. The van der Waals surface area contributed by atoms with Gasteiger partial charge in [-0.05, 0) is 48.0 Å². The Bertz CT molecular complexity index is 1310. The van der Waals surface area contributed by atoms with E-state index in [2.05, 4.69) is 5.32 Å². The van der Waals surface area contributed by atoms with Crippen LogP contribution in [-0.4, -0.2) is 29.2 Å². The maximum absolute atomic E-state index is 13.4. The second-order valence-electron chi connectivity index (χ2n) is 6.84. The molecule has 170 valence electrons. The fourth-order valence-corrected chi connectivity index (χ4v) is 3.49. The van der Waals surface area contributed by atoms with Gasteiger partial charge in [-0.15, -0.1) is 0 Å². The number of furan rings is 1. The molecule has 4 aromatic rings. The molecule has 0 aliphatic heterocycles. The Hall–Kier alpha value is -4.01. The topological polar surface area (TPSA) is 116 Å². The lowest BCUT2D eigenvalue weighted by atomic mass is 9.97. The lowest BCUT2D eigenvalue weighted by molar-refractivity contribution is -0.825. The molecule has 1 heterocycles. The Balaban J connectivity index is 0.00000149. The molecule has 0 saturated heterocycles. The number of aromatic carboxylic acids is 1. The molecule has 4 rings (SSSR count). The zero-order valence-electron chi connectivity index (χ0n) is 18.3. The van der Waals surface area contributed by atoms with E-state index < -0.39 is 17.7 Å². The first-order valence-electron chi connectivity index (χ1n) is 10.3. The van der Waals surface area contributed by atoms with Crippen molar-refractivity contribution in [1.29, 1.82) is 0 Å². The molecular weight excluding hydrogens is 427 g/mol. The van der Waals surface area contributed by atoms with Gasteiger partial charge < -0.3 is 14.8 Å². The molecule has 1 amide bonds. The molecule has 0 unspecified atom stereocenters. The number of amides is 1. The van der Waals surface area contributed by atoms with Crippen molar-refractivity contribution in [2.24, 2.45) is 0 Å². The third-order valence-corrected chi connectivity index (χ3v) is 4.98. The first-order valence-corrected chi connectivity index (χ1v) is 10.3. The van der Waals surface area contributed by atoms with Gasteiger partial charge in [-0.25, -0.2) is 14.4 Å². The Morgan fingerprint density at radius 3 is 2.30 bits per heavy atom. The van der Waals surface area contributed by atoms with Gasteiger partial charge in [0.05, 0.1) is 11.1 Å². The molecule has 0 fully saturated rings. The van der Waals surface area contributed by atoms with Crippen molar-refractivity contribution in [2.75, 3.05) is 7.05 Å². The lowest BCUT2D eigenvalue weighted by Crippen LogP contribution is -2.73. The van der Waals surface area contributed by atoms with E-state index in [1.807, 2.05) is 13.8 Å². The van der Waals surface area contributed by atoms with Crippen LogP contribution in [0.25, 0.3) is 33.4 Å². The maximum atomic E-state index is 13.4. The number of quaternary nitrogens is 1. The van der Waals surface area contributed by atoms with Crippen LogP contribution in [0.15, 0.2) is 65.1 Å². The van der Waals surface area contributed by atoms with Crippen LogP contribution in [0.3, 0.4) is 0 Å². The van der Waals surface area contributed by atoms with E-state index in [0.29, 0.717) is 33.3 Å². The van der Waals surface area contributed by atoms with Crippen molar-refractivity contribution in [2.45, 2.75) is 13.8 Å². The number of fused-ring (bicyclic) bond motifs is 1. The molecule has 0 saturated carbocycles. The molecule has 0 aliphatic carbocycles. The number of carboxylic acids is 1. The van der Waals surface area contributed by atoms with E-state index in [0.717, 1.165) is 5.48 Å². The Kier molecular flexibility index (Phi) is 7.22. The quantitative estimate of drug-likeness (QED) is 0.262. The molecule has 1 aromatic heterocycles. The molecule has 0 aliphatic rings. The van der Waals surface area contributed by atoms with Crippen LogP contribution >= 0.6 is 0 Å². The molecule has 0 atom stereocenters. The minimum Gasteiger partial charge on any atom is -0.478 e. The predicted octanol–water partition coefficient (Wildman–Crippen LogP) is 4.57. The summed E-state index contributed by atoms with van der Waals surface area (Å²) in [4.78, 5) is 24.1. The van der Waals surface area contributed by atoms with E-state index in [1.165, 1.54) is 43.4 Å². The van der Waals surface area contributed by atoms with Gasteiger partial charge in [0, 0.05) is 29.6 Å². The molecule has 0 spiro atoms. The second-order valence-corrected chi connectivity index (χ2v) is 6.84. The van der Waals surface area contributed by atoms with Crippen LogP contribution in [0.5, 0.6) is 0 Å². The molecular formula is C25H24FN2O5+. The molecule has 0 bridgehead atoms. The molecule has 3 aromatic carbocycles. The maximum Gasteiger partial charge on any atom is 0.335 e. The minimum absolute atomic E-state index is 0.0900. The van der Waals surface area contributed by atoms with Crippen molar-refractivity contribution < 1.29 is 34.2 Å². The summed E-state index contributed by atoms with van der Waals surface area (Å²) in [5.41, 5.74) is 3.55. The summed E-state index contributed by atoms with van der Waals surface area (Å²) in [5, 5.41) is 22.2. The number of carbonyl (C=O) groups excluding carboxylic acids is 1. The summed E-state index contributed by atoms with van der Waals surface area (Å²) in [5.74, 6) is -1.64. The summed E-state index contributed by atoms with van der Waals surface area (Å²) < 4.78 is 19.3.